The van der Waals surface area contributed by atoms with Crippen molar-refractivity contribution in [2.75, 3.05) is 20.8 Å². The second-order valence-electron chi connectivity index (χ2n) is 5.19. The van der Waals surface area contributed by atoms with Crippen molar-refractivity contribution in [3.05, 3.63) is 58.6 Å². The normalized spacial score (nSPS) is 11.2. The maximum Gasteiger partial charge on any atom is 0.188 e. The fourth-order valence-corrected chi connectivity index (χ4v) is 2.32. The molecule has 0 saturated heterocycles. The van der Waals surface area contributed by atoms with Gasteiger partial charge in [-0.1, -0.05) is 29.8 Å². The Morgan fingerprint density at radius 2 is 1.71 bits per heavy atom. The van der Waals surface area contributed by atoms with Crippen molar-refractivity contribution in [2.45, 2.75) is 13.0 Å². The van der Waals surface area contributed by atoms with E-state index in [9.17, 15) is 0 Å². The highest BCUT2D eigenvalue weighted by molar-refractivity contribution is 6.30. The van der Waals surface area contributed by atoms with Crippen molar-refractivity contribution in [3.8, 4) is 11.5 Å². The molecular formula is C18H22ClN3O2. The zero-order valence-corrected chi connectivity index (χ0v) is 14.6. The Balaban J connectivity index is 1.82. The molecule has 0 atom stereocenters. The SMILES string of the molecule is COc1ccc(CCNC(N)=NCc2ccc(Cl)cc2)cc1OC. The number of nitrogens with one attached hydrogen (secondary N) is 1. The van der Waals surface area contributed by atoms with Gasteiger partial charge in [0.15, 0.2) is 17.5 Å². The van der Waals surface area contributed by atoms with Crippen LogP contribution in [-0.2, 0) is 13.0 Å². The lowest BCUT2D eigenvalue weighted by Gasteiger charge is -2.10. The number of ether oxygens (including phenoxy) is 2. The average molecular weight is 348 g/mol. The van der Waals surface area contributed by atoms with Crippen molar-refractivity contribution in [3.63, 3.8) is 0 Å². The van der Waals surface area contributed by atoms with Crippen LogP contribution in [0.3, 0.4) is 0 Å². The van der Waals surface area contributed by atoms with Gasteiger partial charge in [0.1, 0.15) is 0 Å². The minimum Gasteiger partial charge on any atom is -0.493 e. The molecule has 0 unspecified atom stereocenters. The van der Waals surface area contributed by atoms with Crippen LogP contribution < -0.4 is 20.5 Å². The van der Waals surface area contributed by atoms with Gasteiger partial charge in [-0.2, -0.15) is 0 Å². The summed E-state index contributed by atoms with van der Waals surface area (Å²) in [6, 6.07) is 13.4. The lowest BCUT2D eigenvalue weighted by atomic mass is 10.1. The van der Waals surface area contributed by atoms with E-state index in [1.54, 1.807) is 14.2 Å². The third-order valence-electron chi connectivity index (χ3n) is 3.51. The number of rotatable bonds is 7. The van der Waals surface area contributed by atoms with Crippen LogP contribution in [-0.4, -0.2) is 26.7 Å². The maximum absolute atomic E-state index is 5.89. The van der Waals surface area contributed by atoms with E-state index in [-0.39, 0.29) is 0 Å². The Labute approximate surface area is 147 Å². The molecule has 128 valence electrons. The largest absolute Gasteiger partial charge is 0.493 e. The van der Waals surface area contributed by atoms with Gasteiger partial charge in [0.25, 0.3) is 0 Å². The summed E-state index contributed by atoms with van der Waals surface area (Å²) in [4.78, 5) is 4.31. The van der Waals surface area contributed by atoms with E-state index in [1.165, 1.54) is 0 Å². The molecule has 0 spiro atoms. The van der Waals surface area contributed by atoms with Crippen molar-refractivity contribution >= 4 is 17.6 Å². The lowest BCUT2D eigenvalue weighted by Crippen LogP contribution is -2.33. The molecule has 2 rings (SSSR count). The first-order chi connectivity index (χ1) is 11.6. The number of hydrogen-bond donors (Lipinski definition) is 2. The van der Waals surface area contributed by atoms with Crippen molar-refractivity contribution in [1.82, 2.24) is 5.32 Å². The smallest absolute Gasteiger partial charge is 0.188 e. The molecule has 6 heteroatoms. The number of nitrogens with zero attached hydrogens (tertiary/aromatic N) is 1. The summed E-state index contributed by atoms with van der Waals surface area (Å²) < 4.78 is 10.5. The van der Waals surface area contributed by atoms with E-state index < -0.39 is 0 Å². The van der Waals surface area contributed by atoms with E-state index in [1.807, 2.05) is 42.5 Å². The minimum absolute atomic E-state index is 0.422. The molecule has 0 amide bonds. The quantitative estimate of drug-likeness (QED) is 0.596. The number of benzene rings is 2. The summed E-state index contributed by atoms with van der Waals surface area (Å²) in [5.74, 6) is 1.86. The molecule has 0 bridgehead atoms. The molecule has 2 aromatic rings. The molecule has 5 nitrogen and oxygen atoms in total. The molecular weight excluding hydrogens is 326 g/mol. The van der Waals surface area contributed by atoms with E-state index in [0.29, 0.717) is 24.1 Å². The number of nitrogens with two attached hydrogens (primary N) is 1. The molecule has 0 aliphatic rings. The second-order valence-corrected chi connectivity index (χ2v) is 5.63. The van der Waals surface area contributed by atoms with E-state index in [2.05, 4.69) is 10.3 Å². The predicted octanol–water partition coefficient (Wildman–Crippen LogP) is 3.00. The standard InChI is InChI=1S/C18H22ClN3O2/c1-23-16-8-5-13(11-17(16)24-2)9-10-21-18(20)22-12-14-3-6-15(19)7-4-14/h3-8,11H,9-10,12H2,1-2H3,(H3,20,21,22). The highest BCUT2D eigenvalue weighted by atomic mass is 35.5. The van der Waals surface area contributed by atoms with Crippen LogP contribution in [0.25, 0.3) is 0 Å². The van der Waals surface area contributed by atoms with Gasteiger partial charge in [0, 0.05) is 11.6 Å². The molecule has 0 fully saturated rings. The summed E-state index contributed by atoms with van der Waals surface area (Å²) in [7, 11) is 3.25. The van der Waals surface area contributed by atoms with Crippen LogP contribution in [0.2, 0.25) is 5.02 Å². The molecule has 3 N–H and O–H groups in total. The van der Waals surface area contributed by atoms with Crippen LogP contribution >= 0.6 is 11.6 Å². The monoisotopic (exact) mass is 347 g/mol. The van der Waals surface area contributed by atoms with Gasteiger partial charge in [-0.15, -0.1) is 0 Å². The zero-order chi connectivity index (χ0) is 17.4. The molecule has 0 aromatic heterocycles. The maximum atomic E-state index is 5.89. The number of guanidine groups is 1. The molecule has 0 heterocycles. The van der Waals surface area contributed by atoms with Crippen LogP contribution in [0.4, 0.5) is 0 Å². The van der Waals surface area contributed by atoms with Gasteiger partial charge in [-0.25, -0.2) is 4.99 Å². The number of methoxy groups -OCH3 is 2. The first-order valence-electron chi connectivity index (χ1n) is 7.61. The molecule has 0 radical (unpaired) electrons. The molecule has 2 aromatic carbocycles. The number of aliphatic imine (C=N–C) groups is 1. The summed E-state index contributed by atoms with van der Waals surface area (Å²) in [6.07, 6.45) is 0.803. The molecule has 0 aliphatic carbocycles. The highest BCUT2D eigenvalue weighted by Gasteiger charge is 2.04. The van der Waals surface area contributed by atoms with Crippen molar-refractivity contribution in [1.29, 1.82) is 0 Å². The second kappa shape index (κ2) is 9.03. The highest BCUT2D eigenvalue weighted by Crippen LogP contribution is 2.27. The number of hydrogen-bond acceptors (Lipinski definition) is 3. The Morgan fingerprint density at radius 3 is 2.38 bits per heavy atom. The first kappa shape index (κ1) is 17.9. The van der Waals surface area contributed by atoms with E-state index in [4.69, 9.17) is 26.8 Å². The summed E-state index contributed by atoms with van der Waals surface area (Å²) in [6.45, 7) is 1.21. The third-order valence-corrected chi connectivity index (χ3v) is 3.76. The molecule has 0 aliphatic heterocycles. The van der Waals surface area contributed by atoms with Gasteiger partial charge >= 0.3 is 0 Å². The molecule has 0 saturated carbocycles. The minimum atomic E-state index is 0.422. The predicted molar refractivity (Wildman–Crippen MR) is 98.0 cm³/mol. The zero-order valence-electron chi connectivity index (χ0n) is 13.9. The topological polar surface area (TPSA) is 68.9 Å². The summed E-state index contributed by atoms with van der Waals surface area (Å²) >= 11 is 5.85. The number of halogens is 1. The lowest BCUT2D eigenvalue weighted by molar-refractivity contribution is 0.354. The van der Waals surface area contributed by atoms with Gasteiger partial charge < -0.3 is 20.5 Å². The molecule has 24 heavy (non-hydrogen) atoms. The van der Waals surface area contributed by atoms with E-state index in [0.717, 1.165) is 29.0 Å². The fourth-order valence-electron chi connectivity index (χ4n) is 2.19. The summed E-state index contributed by atoms with van der Waals surface area (Å²) in [5.41, 5.74) is 8.07. The van der Waals surface area contributed by atoms with Crippen LogP contribution in [0.15, 0.2) is 47.5 Å². The van der Waals surface area contributed by atoms with Crippen molar-refractivity contribution < 1.29 is 9.47 Å². The van der Waals surface area contributed by atoms with Crippen LogP contribution in [0, 0.1) is 0 Å². The van der Waals surface area contributed by atoms with Crippen molar-refractivity contribution in [2.24, 2.45) is 10.7 Å². The van der Waals surface area contributed by atoms with Crippen LogP contribution in [0.5, 0.6) is 11.5 Å². The van der Waals surface area contributed by atoms with Gasteiger partial charge in [-0.05, 0) is 41.8 Å². The van der Waals surface area contributed by atoms with Gasteiger partial charge in [-0.3, -0.25) is 0 Å². The van der Waals surface area contributed by atoms with Gasteiger partial charge in [0.05, 0.1) is 20.8 Å². The first-order valence-corrected chi connectivity index (χ1v) is 7.99. The summed E-state index contributed by atoms with van der Waals surface area (Å²) in [5, 5.41) is 3.82. The Bertz CT molecular complexity index is 687. The Kier molecular flexibility index (Phi) is 6.75. The van der Waals surface area contributed by atoms with E-state index >= 15 is 0 Å². The Morgan fingerprint density at radius 1 is 1.04 bits per heavy atom. The fraction of sp³-hybridized carbons (Fsp3) is 0.278. The Hall–Kier alpha value is -2.40. The average Bonchev–Trinajstić information content (AvgIpc) is 2.61. The van der Waals surface area contributed by atoms with Gasteiger partial charge in [0.2, 0.25) is 0 Å². The third kappa shape index (κ3) is 5.35. The van der Waals surface area contributed by atoms with Crippen LogP contribution in [0.1, 0.15) is 11.1 Å².